The summed E-state index contributed by atoms with van der Waals surface area (Å²) in [6.45, 7) is 5.17. The number of hydrogen-bond donors (Lipinski definition) is 1. The third kappa shape index (κ3) is 7.09. The maximum absolute atomic E-state index is 5.83. The molecule has 0 saturated heterocycles. The number of hydrogen-bond acceptors (Lipinski definition) is 1. The average molecular weight is 274 g/mol. The van der Waals surface area contributed by atoms with Crippen molar-refractivity contribution in [1.29, 1.82) is 0 Å². The molecule has 1 nitrogen and oxygen atoms in total. The van der Waals surface area contributed by atoms with E-state index in [9.17, 15) is 0 Å². The lowest BCUT2D eigenvalue weighted by atomic mass is 9.97. The first-order valence-electron chi connectivity index (χ1n) is 8.54. The molecule has 0 fully saturated rings. The van der Waals surface area contributed by atoms with Crippen LogP contribution in [0.2, 0.25) is 0 Å². The van der Waals surface area contributed by atoms with Gasteiger partial charge in [0.05, 0.1) is 0 Å². The van der Waals surface area contributed by atoms with Crippen LogP contribution in [0, 0.1) is 6.07 Å². The van der Waals surface area contributed by atoms with Crippen molar-refractivity contribution in [1.82, 2.24) is 0 Å². The Morgan fingerprint density at radius 2 is 1.30 bits per heavy atom. The molecular formula is C19H32N. The molecule has 2 N–H and O–H groups in total. The van der Waals surface area contributed by atoms with Crippen molar-refractivity contribution in [2.75, 3.05) is 0 Å². The lowest BCUT2D eigenvalue weighted by molar-refractivity contribution is 0.660. The maximum atomic E-state index is 5.83. The average Bonchev–Trinajstić information content (AvgIpc) is 2.48. The second-order valence-corrected chi connectivity index (χ2v) is 5.86. The molecule has 0 spiro atoms. The summed E-state index contributed by atoms with van der Waals surface area (Å²) in [5, 5.41) is 0. The van der Waals surface area contributed by atoms with Gasteiger partial charge in [-0.2, -0.15) is 0 Å². The van der Waals surface area contributed by atoms with Gasteiger partial charge in [0.15, 0.2) is 0 Å². The van der Waals surface area contributed by atoms with E-state index in [1.807, 2.05) is 0 Å². The Hall–Kier alpha value is -0.820. The van der Waals surface area contributed by atoms with Crippen molar-refractivity contribution in [2.24, 2.45) is 5.73 Å². The molecule has 0 aromatic heterocycles. The van der Waals surface area contributed by atoms with Crippen LogP contribution < -0.4 is 5.73 Å². The largest absolute Gasteiger partial charge is 0.326 e. The Bertz CT molecular complexity index is 327. The number of benzene rings is 1. The zero-order chi connectivity index (χ0) is 14.6. The van der Waals surface area contributed by atoms with Gasteiger partial charge in [0.1, 0.15) is 0 Å². The fourth-order valence-electron chi connectivity index (χ4n) is 2.64. The van der Waals surface area contributed by atoms with E-state index in [0.29, 0.717) is 6.54 Å². The zero-order valence-corrected chi connectivity index (χ0v) is 13.5. The molecule has 1 rings (SSSR count). The Morgan fingerprint density at radius 1 is 0.800 bits per heavy atom. The summed E-state index contributed by atoms with van der Waals surface area (Å²) < 4.78 is 0. The molecule has 0 atom stereocenters. The minimum absolute atomic E-state index is 0.651. The molecule has 0 aliphatic rings. The van der Waals surface area contributed by atoms with Crippen molar-refractivity contribution in [3.8, 4) is 0 Å². The summed E-state index contributed by atoms with van der Waals surface area (Å²) >= 11 is 0. The summed E-state index contributed by atoms with van der Waals surface area (Å²) in [6, 6.07) is 8.12. The van der Waals surface area contributed by atoms with Crippen LogP contribution in [0.5, 0.6) is 0 Å². The number of nitrogens with two attached hydrogens (primary N) is 1. The lowest BCUT2D eigenvalue weighted by Gasteiger charge is -2.08. The molecule has 1 aromatic carbocycles. The fraction of sp³-hybridized carbons (Fsp3) is 0.684. The van der Waals surface area contributed by atoms with Gasteiger partial charge in [0.25, 0.3) is 0 Å². The molecule has 1 heteroatoms. The maximum Gasteiger partial charge on any atom is 0.0178 e. The lowest BCUT2D eigenvalue weighted by Crippen LogP contribution is -2.00. The molecule has 0 unspecified atom stereocenters. The minimum atomic E-state index is 0.651. The summed E-state index contributed by atoms with van der Waals surface area (Å²) in [4.78, 5) is 0. The van der Waals surface area contributed by atoms with Gasteiger partial charge in [-0.15, -0.1) is 0 Å². The van der Waals surface area contributed by atoms with Crippen molar-refractivity contribution in [3.05, 3.63) is 34.9 Å². The molecule has 0 aliphatic carbocycles. The third-order valence-electron chi connectivity index (χ3n) is 3.88. The molecule has 20 heavy (non-hydrogen) atoms. The van der Waals surface area contributed by atoms with Crippen molar-refractivity contribution >= 4 is 0 Å². The molecular weight excluding hydrogens is 242 g/mol. The van der Waals surface area contributed by atoms with E-state index in [1.54, 1.807) is 0 Å². The summed E-state index contributed by atoms with van der Waals surface area (Å²) in [5.41, 5.74) is 9.84. The van der Waals surface area contributed by atoms with Gasteiger partial charge < -0.3 is 5.73 Å². The molecule has 0 saturated carbocycles. The van der Waals surface area contributed by atoms with Gasteiger partial charge >= 0.3 is 0 Å². The first-order chi connectivity index (χ1) is 9.80. The van der Waals surface area contributed by atoms with E-state index in [2.05, 4.69) is 32.0 Å². The topological polar surface area (TPSA) is 26.0 Å². The van der Waals surface area contributed by atoms with Gasteiger partial charge in [-0.1, -0.05) is 64.5 Å². The summed E-state index contributed by atoms with van der Waals surface area (Å²) in [5.74, 6) is 0. The normalized spacial score (nSPS) is 10.9. The molecule has 0 bridgehead atoms. The standard InChI is InChI=1S/C19H32N/c1-3-5-7-9-11-17-13-18(12-10-8-6-4-2)15-19(14-17)16-20/h14-15H,3-12,16,20H2,1-2H3. The molecule has 0 aliphatic heterocycles. The highest BCUT2D eigenvalue weighted by Gasteiger charge is 2.02. The molecule has 0 heterocycles. The Balaban J connectivity index is 2.51. The van der Waals surface area contributed by atoms with Crippen LogP contribution in [0.4, 0.5) is 0 Å². The van der Waals surface area contributed by atoms with E-state index >= 15 is 0 Å². The first kappa shape index (κ1) is 17.2. The van der Waals surface area contributed by atoms with Gasteiger partial charge in [-0.3, -0.25) is 0 Å². The molecule has 0 amide bonds. The van der Waals surface area contributed by atoms with E-state index in [4.69, 9.17) is 5.73 Å². The SMILES string of the molecule is CCCCCCc1[c]c(CCCCCC)cc(CN)c1. The van der Waals surface area contributed by atoms with E-state index in [-0.39, 0.29) is 0 Å². The Kier molecular flexibility index (Phi) is 9.40. The number of aryl methyl sites for hydroxylation is 2. The zero-order valence-electron chi connectivity index (χ0n) is 13.5. The minimum Gasteiger partial charge on any atom is -0.326 e. The number of rotatable bonds is 11. The third-order valence-corrected chi connectivity index (χ3v) is 3.88. The predicted octanol–water partition coefficient (Wildman–Crippen LogP) is 5.19. The monoisotopic (exact) mass is 274 g/mol. The van der Waals surface area contributed by atoms with Crippen LogP contribution in [-0.4, -0.2) is 0 Å². The quantitative estimate of drug-likeness (QED) is 0.552. The summed E-state index contributed by atoms with van der Waals surface area (Å²) in [7, 11) is 0. The highest BCUT2D eigenvalue weighted by molar-refractivity contribution is 5.29. The van der Waals surface area contributed by atoms with Crippen LogP contribution in [0.3, 0.4) is 0 Å². The van der Waals surface area contributed by atoms with Gasteiger partial charge in [0.2, 0.25) is 0 Å². The molecule has 1 radical (unpaired) electrons. The van der Waals surface area contributed by atoms with E-state index in [1.165, 1.54) is 68.1 Å². The highest BCUT2D eigenvalue weighted by atomic mass is 14.5. The van der Waals surface area contributed by atoms with Crippen LogP contribution in [0.15, 0.2) is 12.1 Å². The van der Waals surface area contributed by atoms with Gasteiger partial charge in [-0.25, -0.2) is 0 Å². The van der Waals surface area contributed by atoms with Crippen molar-refractivity contribution in [2.45, 2.75) is 84.6 Å². The van der Waals surface area contributed by atoms with Gasteiger partial charge in [0, 0.05) is 6.54 Å². The second kappa shape index (κ2) is 10.9. The highest BCUT2D eigenvalue weighted by Crippen LogP contribution is 2.15. The fourth-order valence-corrected chi connectivity index (χ4v) is 2.64. The smallest absolute Gasteiger partial charge is 0.0178 e. The number of unbranched alkanes of at least 4 members (excludes halogenated alkanes) is 6. The Labute approximate surface area is 126 Å². The predicted molar refractivity (Wildman–Crippen MR) is 88.9 cm³/mol. The van der Waals surface area contributed by atoms with E-state index < -0.39 is 0 Å². The first-order valence-corrected chi connectivity index (χ1v) is 8.54. The second-order valence-electron chi connectivity index (χ2n) is 5.86. The van der Waals surface area contributed by atoms with E-state index in [0.717, 1.165) is 12.8 Å². The van der Waals surface area contributed by atoms with Crippen molar-refractivity contribution in [3.63, 3.8) is 0 Å². The van der Waals surface area contributed by atoms with Crippen molar-refractivity contribution < 1.29 is 0 Å². The van der Waals surface area contributed by atoms with Gasteiger partial charge in [-0.05, 0) is 48.4 Å². The van der Waals surface area contributed by atoms with Crippen LogP contribution in [0.25, 0.3) is 0 Å². The summed E-state index contributed by atoms with van der Waals surface area (Å²) in [6.07, 6.45) is 12.9. The van der Waals surface area contributed by atoms with Crippen LogP contribution in [-0.2, 0) is 19.4 Å². The Morgan fingerprint density at radius 3 is 1.70 bits per heavy atom. The van der Waals surface area contributed by atoms with Crippen LogP contribution >= 0.6 is 0 Å². The molecule has 1 aromatic rings. The molecule has 113 valence electrons. The van der Waals surface area contributed by atoms with Crippen LogP contribution in [0.1, 0.15) is 81.9 Å².